The predicted octanol–water partition coefficient (Wildman–Crippen LogP) is 6.36. The van der Waals surface area contributed by atoms with Crippen LogP contribution in [0.2, 0.25) is 5.02 Å². The summed E-state index contributed by atoms with van der Waals surface area (Å²) < 4.78 is 25.2. The Balaban J connectivity index is 1.47. The SMILES string of the molecule is COc1ccc(/C=C2/SC(=O)N(CC(=O)Nc3ccc(C)c(C)c3)C2=O)cc1OCc1c(F)cccc1Cl. The van der Waals surface area contributed by atoms with Gasteiger partial charge in [0.25, 0.3) is 11.1 Å². The number of halogens is 2. The zero-order valence-corrected chi connectivity index (χ0v) is 22.4. The van der Waals surface area contributed by atoms with E-state index in [9.17, 15) is 18.8 Å². The number of imide groups is 1. The molecule has 1 heterocycles. The van der Waals surface area contributed by atoms with E-state index in [4.69, 9.17) is 21.1 Å². The second-order valence-electron chi connectivity index (χ2n) is 8.51. The minimum Gasteiger partial charge on any atom is -0.493 e. The number of hydrogen-bond donors (Lipinski definition) is 1. The van der Waals surface area contributed by atoms with Gasteiger partial charge in [0, 0.05) is 11.3 Å². The molecular weight excluding hydrogens is 531 g/mol. The maximum absolute atomic E-state index is 14.1. The Morgan fingerprint density at radius 1 is 1.08 bits per heavy atom. The summed E-state index contributed by atoms with van der Waals surface area (Å²) in [7, 11) is 1.46. The summed E-state index contributed by atoms with van der Waals surface area (Å²) in [5, 5.41) is 2.40. The van der Waals surface area contributed by atoms with E-state index in [0.717, 1.165) is 27.8 Å². The number of amides is 3. The summed E-state index contributed by atoms with van der Waals surface area (Å²) >= 11 is 6.82. The first-order valence-electron chi connectivity index (χ1n) is 11.5. The van der Waals surface area contributed by atoms with Crippen molar-refractivity contribution in [3.63, 3.8) is 0 Å². The van der Waals surface area contributed by atoms with Gasteiger partial charge in [-0.25, -0.2) is 4.39 Å². The van der Waals surface area contributed by atoms with Gasteiger partial charge >= 0.3 is 0 Å². The number of carbonyl (C=O) groups is 3. The van der Waals surface area contributed by atoms with Crippen molar-refractivity contribution in [3.05, 3.63) is 92.6 Å². The molecule has 1 fully saturated rings. The van der Waals surface area contributed by atoms with Crippen molar-refractivity contribution >= 4 is 52.2 Å². The first-order valence-corrected chi connectivity index (χ1v) is 12.7. The van der Waals surface area contributed by atoms with Crippen LogP contribution in [0.5, 0.6) is 11.5 Å². The number of ether oxygens (including phenoxy) is 2. The fourth-order valence-electron chi connectivity index (χ4n) is 3.67. The summed E-state index contributed by atoms with van der Waals surface area (Å²) in [6, 6.07) is 14.7. The number of methoxy groups -OCH3 is 1. The number of aryl methyl sites for hydroxylation is 2. The number of rotatable bonds is 8. The Hall–Kier alpha value is -3.82. The average Bonchev–Trinajstić information content (AvgIpc) is 3.13. The van der Waals surface area contributed by atoms with Crippen molar-refractivity contribution in [3.8, 4) is 11.5 Å². The molecule has 7 nitrogen and oxygen atoms in total. The van der Waals surface area contributed by atoms with Gasteiger partial charge in [-0.15, -0.1) is 0 Å². The standard InChI is InChI=1S/C28H24ClFN2O5S/c1-16-7-9-19(11-17(16)2)31-26(33)14-32-27(34)25(38-28(32)35)13-18-8-10-23(36-3)24(12-18)37-15-20-21(29)5-4-6-22(20)30/h4-13H,14-15H2,1-3H3,(H,31,33)/b25-13+. The van der Waals surface area contributed by atoms with Gasteiger partial charge in [0.05, 0.1) is 17.0 Å². The van der Waals surface area contributed by atoms with Crippen LogP contribution in [0.1, 0.15) is 22.3 Å². The van der Waals surface area contributed by atoms with Crippen LogP contribution in [0.15, 0.2) is 59.5 Å². The largest absolute Gasteiger partial charge is 0.493 e. The Labute approximate surface area is 228 Å². The lowest BCUT2D eigenvalue weighted by Crippen LogP contribution is -2.36. The second-order valence-corrected chi connectivity index (χ2v) is 9.91. The topological polar surface area (TPSA) is 84.9 Å². The van der Waals surface area contributed by atoms with Crippen molar-refractivity contribution in [2.24, 2.45) is 0 Å². The van der Waals surface area contributed by atoms with Crippen LogP contribution in [-0.4, -0.2) is 35.6 Å². The molecule has 3 amide bonds. The van der Waals surface area contributed by atoms with Crippen molar-refractivity contribution in [2.75, 3.05) is 19.0 Å². The smallest absolute Gasteiger partial charge is 0.294 e. The highest BCUT2D eigenvalue weighted by Gasteiger charge is 2.36. The van der Waals surface area contributed by atoms with Crippen LogP contribution in [0, 0.1) is 19.7 Å². The van der Waals surface area contributed by atoms with E-state index in [2.05, 4.69) is 5.32 Å². The first kappa shape index (κ1) is 27.2. The number of nitrogens with zero attached hydrogens (tertiary/aromatic N) is 1. The molecule has 0 atom stereocenters. The third-order valence-electron chi connectivity index (χ3n) is 5.89. The average molecular weight is 555 g/mol. The molecule has 0 unspecified atom stereocenters. The number of hydrogen-bond acceptors (Lipinski definition) is 6. The number of carbonyl (C=O) groups excluding carboxylic acids is 3. The lowest BCUT2D eigenvalue weighted by molar-refractivity contribution is -0.127. The molecule has 0 saturated carbocycles. The number of thioether (sulfide) groups is 1. The fourth-order valence-corrected chi connectivity index (χ4v) is 4.72. The summed E-state index contributed by atoms with van der Waals surface area (Å²) in [5.41, 5.74) is 3.43. The molecule has 0 aliphatic carbocycles. The lowest BCUT2D eigenvalue weighted by Gasteiger charge is -2.13. The molecule has 1 aliphatic heterocycles. The van der Waals surface area contributed by atoms with Crippen molar-refractivity contribution in [1.29, 1.82) is 0 Å². The Bertz CT molecular complexity index is 1440. The van der Waals surface area contributed by atoms with Gasteiger partial charge in [0.15, 0.2) is 11.5 Å². The maximum Gasteiger partial charge on any atom is 0.294 e. The molecule has 4 rings (SSSR count). The van der Waals surface area contributed by atoms with Crippen molar-refractivity contribution < 1.29 is 28.2 Å². The fraction of sp³-hybridized carbons (Fsp3) is 0.179. The highest BCUT2D eigenvalue weighted by molar-refractivity contribution is 8.18. The zero-order valence-electron chi connectivity index (χ0n) is 20.8. The van der Waals surface area contributed by atoms with E-state index in [0.29, 0.717) is 22.7 Å². The van der Waals surface area contributed by atoms with Gasteiger partial charge in [-0.05, 0) is 84.8 Å². The molecule has 10 heteroatoms. The summed E-state index contributed by atoms with van der Waals surface area (Å²) in [6.07, 6.45) is 1.52. The highest BCUT2D eigenvalue weighted by atomic mass is 35.5. The predicted molar refractivity (Wildman–Crippen MR) is 146 cm³/mol. The quantitative estimate of drug-likeness (QED) is 0.326. The van der Waals surface area contributed by atoms with Gasteiger partial charge in [-0.3, -0.25) is 19.3 Å². The van der Waals surface area contributed by atoms with Crippen LogP contribution in [0.25, 0.3) is 6.08 Å². The summed E-state index contributed by atoms with van der Waals surface area (Å²) in [6.45, 7) is 3.34. The zero-order chi connectivity index (χ0) is 27.4. The lowest BCUT2D eigenvalue weighted by atomic mass is 10.1. The Morgan fingerprint density at radius 2 is 1.87 bits per heavy atom. The van der Waals surface area contributed by atoms with E-state index in [-0.39, 0.29) is 22.1 Å². The van der Waals surface area contributed by atoms with E-state index < -0.39 is 29.4 Å². The maximum atomic E-state index is 14.1. The van der Waals surface area contributed by atoms with E-state index in [1.54, 1.807) is 30.3 Å². The van der Waals surface area contributed by atoms with E-state index >= 15 is 0 Å². The molecule has 3 aromatic rings. The molecule has 1 aliphatic rings. The molecule has 1 N–H and O–H groups in total. The van der Waals surface area contributed by atoms with E-state index in [1.807, 2.05) is 26.0 Å². The summed E-state index contributed by atoms with van der Waals surface area (Å²) in [5.74, 6) is -0.864. The van der Waals surface area contributed by atoms with Crippen molar-refractivity contribution in [1.82, 2.24) is 4.90 Å². The molecule has 0 spiro atoms. The summed E-state index contributed by atoms with van der Waals surface area (Å²) in [4.78, 5) is 39.0. The molecule has 0 radical (unpaired) electrons. The van der Waals surface area contributed by atoms with Crippen LogP contribution in [-0.2, 0) is 16.2 Å². The molecule has 0 aromatic heterocycles. The minimum atomic E-state index is -0.577. The van der Waals surface area contributed by atoms with Crippen LogP contribution in [0.3, 0.4) is 0 Å². The van der Waals surface area contributed by atoms with Crippen LogP contribution in [0.4, 0.5) is 14.9 Å². The number of benzene rings is 3. The van der Waals surface area contributed by atoms with Crippen LogP contribution < -0.4 is 14.8 Å². The van der Waals surface area contributed by atoms with Gasteiger partial charge in [-0.1, -0.05) is 29.8 Å². The normalized spacial score (nSPS) is 14.2. The number of anilines is 1. The molecule has 0 bridgehead atoms. The number of nitrogens with one attached hydrogen (secondary N) is 1. The van der Waals surface area contributed by atoms with Gasteiger partial charge in [0.1, 0.15) is 19.0 Å². The molecule has 196 valence electrons. The van der Waals surface area contributed by atoms with Gasteiger partial charge in [-0.2, -0.15) is 0 Å². The Morgan fingerprint density at radius 3 is 2.58 bits per heavy atom. The Kier molecular flexibility index (Phi) is 8.38. The minimum absolute atomic E-state index is 0.141. The third kappa shape index (κ3) is 6.17. The first-order chi connectivity index (χ1) is 18.2. The van der Waals surface area contributed by atoms with Crippen LogP contribution >= 0.6 is 23.4 Å². The molecular formula is C28H24ClFN2O5S. The van der Waals surface area contributed by atoms with Gasteiger partial charge in [0.2, 0.25) is 5.91 Å². The third-order valence-corrected chi connectivity index (χ3v) is 7.15. The highest BCUT2D eigenvalue weighted by Crippen LogP contribution is 2.35. The second kappa shape index (κ2) is 11.7. The molecule has 1 saturated heterocycles. The van der Waals surface area contributed by atoms with Gasteiger partial charge < -0.3 is 14.8 Å². The monoisotopic (exact) mass is 554 g/mol. The van der Waals surface area contributed by atoms with E-state index in [1.165, 1.54) is 25.3 Å². The molecule has 38 heavy (non-hydrogen) atoms. The van der Waals surface area contributed by atoms with Crippen molar-refractivity contribution in [2.45, 2.75) is 20.5 Å². The molecule has 3 aromatic carbocycles.